The topological polar surface area (TPSA) is 105 Å². The number of hydrogen-bond acceptors (Lipinski definition) is 5. The second-order valence-corrected chi connectivity index (χ2v) is 7.58. The van der Waals surface area contributed by atoms with Crippen LogP contribution in [0.15, 0.2) is 47.7 Å². The van der Waals surface area contributed by atoms with E-state index >= 15 is 0 Å². The van der Waals surface area contributed by atoms with E-state index in [2.05, 4.69) is 39.2 Å². The number of nitrogens with one attached hydrogen (secondary N) is 1. The van der Waals surface area contributed by atoms with Crippen molar-refractivity contribution < 1.29 is 0 Å². The monoisotopic (exact) mass is 413 g/mol. The molecule has 4 heterocycles. The van der Waals surface area contributed by atoms with E-state index in [0.29, 0.717) is 29.0 Å². The Morgan fingerprint density at radius 3 is 2.87 bits per heavy atom. The van der Waals surface area contributed by atoms with E-state index in [0.717, 1.165) is 23.4 Å². The molecule has 0 unspecified atom stereocenters. The van der Waals surface area contributed by atoms with Crippen molar-refractivity contribution in [2.75, 3.05) is 0 Å². The van der Waals surface area contributed by atoms with Crippen molar-refractivity contribution in [3.63, 3.8) is 0 Å². The van der Waals surface area contributed by atoms with Crippen molar-refractivity contribution >= 4 is 11.7 Å². The lowest BCUT2D eigenvalue weighted by Gasteiger charge is -2.10. The molecule has 4 aromatic heterocycles. The summed E-state index contributed by atoms with van der Waals surface area (Å²) < 4.78 is 3.10. The van der Waals surface area contributed by atoms with Crippen LogP contribution in [-0.4, -0.2) is 29.4 Å². The van der Waals surface area contributed by atoms with Crippen LogP contribution in [-0.2, 0) is 6.54 Å². The maximum Gasteiger partial charge on any atom is 0.276 e. The zero-order chi connectivity index (χ0) is 22.0. The molecule has 0 spiro atoms. The minimum absolute atomic E-state index is 0.0483. The van der Waals surface area contributed by atoms with Crippen molar-refractivity contribution in [2.24, 2.45) is 0 Å². The third kappa shape index (κ3) is 3.90. The molecule has 31 heavy (non-hydrogen) atoms. The van der Waals surface area contributed by atoms with Crippen LogP contribution in [0.1, 0.15) is 55.6 Å². The van der Waals surface area contributed by atoms with Gasteiger partial charge in [-0.2, -0.15) is 10.4 Å². The van der Waals surface area contributed by atoms with E-state index in [1.165, 1.54) is 10.7 Å². The summed E-state index contributed by atoms with van der Waals surface area (Å²) in [5.41, 5.74) is 4.09. The van der Waals surface area contributed by atoms with Gasteiger partial charge in [0, 0.05) is 23.5 Å². The Hall–Kier alpha value is -3.99. The molecule has 0 saturated heterocycles. The fourth-order valence-corrected chi connectivity index (χ4v) is 3.51. The molecular weight excluding hydrogens is 390 g/mol. The first kappa shape index (κ1) is 20.3. The second-order valence-electron chi connectivity index (χ2n) is 7.58. The summed E-state index contributed by atoms with van der Waals surface area (Å²) in [5, 5.41) is 16.6. The van der Waals surface area contributed by atoms with Crippen molar-refractivity contribution in [1.82, 2.24) is 29.4 Å². The number of allylic oxidation sites excluding steroid dienone is 1. The first-order chi connectivity index (χ1) is 15.0. The number of aromatic nitrogens is 6. The van der Waals surface area contributed by atoms with Crippen LogP contribution in [0.2, 0.25) is 0 Å². The molecule has 0 aliphatic heterocycles. The van der Waals surface area contributed by atoms with Crippen molar-refractivity contribution in [3.05, 3.63) is 75.7 Å². The van der Waals surface area contributed by atoms with Gasteiger partial charge in [-0.25, -0.2) is 9.50 Å². The molecule has 0 bridgehead atoms. The molecule has 0 fully saturated rings. The van der Waals surface area contributed by atoms with Gasteiger partial charge in [0.15, 0.2) is 5.65 Å². The first-order valence-corrected chi connectivity index (χ1v) is 10.2. The summed E-state index contributed by atoms with van der Waals surface area (Å²) in [7, 11) is 0. The Morgan fingerprint density at radius 1 is 1.29 bits per heavy atom. The highest BCUT2D eigenvalue weighted by Gasteiger charge is 2.20. The quantitative estimate of drug-likeness (QED) is 0.518. The van der Waals surface area contributed by atoms with E-state index in [1.54, 1.807) is 10.9 Å². The van der Waals surface area contributed by atoms with Crippen molar-refractivity contribution in [3.8, 4) is 17.3 Å². The summed E-state index contributed by atoms with van der Waals surface area (Å²) in [6.45, 7) is 6.49. The van der Waals surface area contributed by atoms with Crippen LogP contribution in [0, 0.1) is 11.3 Å². The molecule has 8 heteroatoms. The van der Waals surface area contributed by atoms with Gasteiger partial charge < -0.3 is 0 Å². The SMILES string of the molecule is CC/C=C/c1cccc(Cn2cc(-c3nc4c(C#N)c[nH]n4c(=O)c3C(C)C)cn2)n1. The average Bonchev–Trinajstić information content (AvgIpc) is 3.39. The number of aromatic amines is 1. The molecule has 0 aromatic carbocycles. The Kier molecular flexibility index (Phi) is 5.50. The van der Waals surface area contributed by atoms with Crippen molar-refractivity contribution in [2.45, 2.75) is 39.7 Å². The summed E-state index contributed by atoms with van der Waals surface area (Å²) in [5.74, 6) is -0.0483. The van der Waals surface area contributed by atoms with Gasteiger partial charge >= 0.3 is 0 Å². The normalized spacial score (nSPS) is 11.6. The van der Waals surface area contributed by atoms with Crippen LogP contribution < -0.4 is 5.56 Å². The van der Waals surface area contributed by atoms with Crippen LogP contribution in [0.3, 0.4) is 0 Å². The lowest BCUT2D eigenvalue weighted by molar-refractivity contribution is 0.672. The minimum atomic E-state index is -0.207. The molecule has 8 nitrogen and oxygen atoms in total. The Balaban J connectivity index is 1.74. The molecule has 0 aliphatic rings. The van der Waals surface area contributed by atoms with E-state index < -0.39 is 0 Å². The fourth-order valence-electron chi connectivity index (χ4n) is 3.51. The standard InChI is InChI=1S/C23H23N7O/c1-4-5-7-18-8-6-9-19(27-18)14-29-13-17(12-25-29)21-20(15(2)3)23(31)30-22(28-21)16(10-24)11-26-30/h5-9,11-13,15,26H,4,14H2,1-3H3/b7-5+. The molecule has 156 valence electrons. The number of hydrogen-bond donors (Lipinski definition) is 1. The highest BCUT2D eigenvalue weighted by molar-refractivity contribution is 5.67. The molecule has 1 N–H and O–H groups in total. The highest BCUT2D eigenvalue weighted by atomic mass is 16.1. The smallest absolute Gasteiger partial charge is 0.276 e. The zero-order valence-corrected chi connectivity index (χ0v) is 17.7. The molecule has 0 atom stereocenters. The number of pyridine rings is 1. The molecule has 0 saturated carbocycles. The van der Waals surface area contributed by atoms with Gasteiger partial charge in [-0.1, -0.05) is 32.9 Å². The van der Waals surface area contributed by atoms with E-state index in [-0.39, 0.29) is 11.5 Å². The second kappa shape index (κ2) is 8.40. The molecular formula is C23H23N7O. The van der Waals surface area contributed by atoms with Gasteiger partial charge in [0.1, 0.15) is 11.6 Å². The maximum atomic E-state index is 13.1. The third-order valence-corrected chi connectivity index (χ3v) is 4.98. The summed E-state index contributed by atoms with van der Waals surface area (Å²) in [6.07, 6.45) is 10.1. The zero-order valence-electron chi connectivity index (χ0n) is 17.7. The number of nitriles is 1. The summed E-state index contributed by atoms with van der Waals surface area (Å²) >= 11 is 0. The summed E-state index contributed by atoms with van der Waals surface area (Å²) in [6, 6.07) is 7.98. The number of fused-ring (bicyclic) bond motifs is 1. The number of rotatable bonds is 6. The van der Waals surface area contributed by atoms with Gasteiger partial charge in [-0.3, -0.25) is 19.6 Å². The van der Waals surface area contributed by atoms with E-state index in [1.807, 2.05) is 44.3 Å². The number of nitrogens with zero attached hydrogens (tertiary/aromatic N) is 6. The van der Waals surface area contributed by atoms with Gasteiger partial charge in [0.25, 0.3) is 5.56 Å². The molecule has 4 aromatic rings. The average molecular weight is 413 g/mol. The van der Waals surface area contributed by atoms with Gasteiger partial charge in [-0.05, 0) is 30.5 Å². The molecule has 4 rings (SSSR count). The number of H-pyrrole nitrogens is 1. The van der Waals surface area contributed by atoms with Crippen LogP contribution >= 0.6 is 0 Å². The third-order valence-electron chi connectivity index (χ3n) is 4.98. The summed E-state index contributed by atoms with van der Waals surface area (Å²) in [4.78, 5) is 22.4. The highest BCUT2D eigenvalue weighted by Crippen LogP contribution is 2.26. The predicted octanol–water partition coefficient (Wildman–Crippen LogP) is 3.75. The molecule has 0 aliphatic carbocycles. The van der Waals surface area contributed by atoms with Crippen molar-refractivity contribution in [1.29, 1.82) is 5.26 Å². The predicted molar refractivity (Wildman–Crippen MR) is 119 cm³/mol. The van der Waals surface area contributed by atoms with E-state index in [9.17, 15) is 10.1 Å². The van der Waals surface area contributed by atoms with E-state index in [4.69, 9.17) is 0 Å². The first-order valence-electron chi connectivity index (χ1n) is 10.2. The lowest BCUT2D eigenvalue weighted by Crippen LogP contribution is -2.22. The maximum absolute atomic E-state index is 13.1. The lowest BCUT2D eigenvalue weighted by atomic mass is 10.00. The Morgan fingerprint density at radius 2 is 2.13 bits per heavy atom. The molecule has 0 radical (unpaired) electrons. The van der Waals surface area contributed by atoms with Crippen LogP contribution in [0.4, 0.5) is 0 Å². The molecule has 0 amide bonds. The van der Waals surface area contributed by atoms with Crippen LogP contribution in [0.5, 0.6) is 0 Å². The fraction of sp³-hybridized carbons (Fsp3) is 0.261. The minimum Gasteiger partial charge on any atom is -0.295 e. The van der Waals surface area contributed by atoms with Gasteiger partial charge in [0.2, 0.25) is 0 Å². The van der Waals surface area contributed by atoms with Crippen LogP contribution in [0.25, 0.3) is 23.0 Å². The Labute approximate surface area is 179 Å². The largest absolute Gasteiger partial charge is 0.295 e. The van der Waals surface area contributed by atoms with Gasteiger partial charge in [0.05, 0.1) is 29.8 Å². The Bertz CT molecular complexity index is 1360. The van der Waals surface area contributed by atoms with Gasteiger partial charge in [-0.15, -0.1) is 0 Å².